The van der Waals surface area contributed by atoms with Crippen LogP contribution in [-0.4, -0.2) is 4.43 Å². The molecule has 56 heavy (non-hydrogen) atoms. The SMILES string of the molecule is CCC1=C(/C=C\C/C(N)=C(/C=C\CI)c2cccc(C3=c4ccccc4=C(C4=c5ccccc5=C(c5c(C)cccc5C)CC4)C4C=CC=CC34)c2)CCC=C1. The number of fused-ring (bicyclic) bond motifs is 3. The summed E-state index contributed by atoms with van der Waals surface area (Å²) in [7, 11) is 0. The van der Waals surface area contributed by atoms with E-state index in [0.717, 1.165) is 47.8 Å². The average molecular weight is 842 g/mol. The summed E-state index contributed by atoms with van der Waals surface area (Å²) in [4.78, 5) is 0. The van der Waals surface area contributed by atoms with Gasteiger partial charge in [0.15, 0.2) is 0 Å². The van der Waals surface area contributed by atoms with Crippen LogP contribution in [0.5, 0.6) is 0 Å². The van der Waals surface area contributed by atoms with Gasteiger partial charge in [0, 0.05) is 34.0 Å². The maximum atomic E-state index is 7.00. The first-order valence-corrected chi connectivity index (χ1v) is 21.9. The first kappa shape index (κ1) is 38.0. The van der Waals surface area contributed by atoms with Crippen molar-refractivity contribution in [1.82, 2.24) is 0 Å². The van der Waals surface area contributed by atoms with Gasteiger partial charge in [-0.05, 0) is 134 Å². The maximum absolute atomic E-state index is 7.00. The smallest absolute Gasteiger partial charge is 0.0198 e. The fourth-order valence-electron chi connectivity index (χ4n) is 9.65. The molecule has 0 amide bonds. The molecular formula is C54H52IN. The number of benzene rings is 4. The molecule has 0 radical (unpaired) electrons. The Labute approximate surface area is 347 Å². The van der Waals surface area contributed by atoms with Crippen LogP contribution in [-0.2, 0) is 0 Å². The number of halogens is 1. The second kappa shape index (κ2) is 17.1. The molecular weight excluding hydrogens is 790 g/mol. The first-order chi connectivity index (χ1) is 27.5. The van der Waals surface area contributed by atoms with E-state index in [2.05, 4.69) is 195 Å². The van der Waals surface area contributed by atoms with Crippen molar-refractivity contribution >= 4 is 50.5 Å². The Morgan fingerprint density at radius 1 is 0.732 bits per heavy atom. The van der Waals surface area contributed by atoms with Crippen LogP contribution in [0.25, 0.3) is 27.9 Å². The van der Waals surface area contributed by atoms with Crippen molar-refractivity contribution in [3.05, 3.63) is 217 Å². The van der Waals surface area contributed by atoms with E-state index in [9.17, 15) is 0 Å². The zero-order chi connectivity index (χ0) is 38.6. The van der Waals surface area contributed by atoms with E-state index in [1.807, 2.05) is 0 Å². The molecule has 0 saturated heterocycles. The van der Waals surface area contributed by atoms with Crippen LogP contribution in [0.1, 0.15) is 73.3 Å². The number of hydrogen-bond donors (Lipinski definition) is 1. The second-order valence-corrected chi connectivity index (χ2v) is 16.4. The number of nitrogens with two attached hydrogens (primary N) is 1. The highest BCUT2D eigenvalue weighted by Gasteiger charge is 2.33. The van der Waals surface area contributed by atoms with Crippen molar-refractivity contribution in [2.45, 2.75) is 59.3 Å². The lowest BCUT2D eigenvalue weighted by Gasteiger charge is -2.35. The van der Waals surface area contributed by atoms with E-state index in [4.69, 9.17) is 5.73 Å². The maximum Gasteiger partial charge on any atom is 0.0198 e. The van der Waals surface area contributed by atoms with Gasteiger partial charge in [0.25, 0.3) is 0 Å². The normalized spacial score (nSPS) is 19.5. The van der Waals surface area contributed by atoms with E-state index in [0.29, 0.717) is 6.42 Å². The molecule has 2 N–H and O–H groups in total. The van der Waals surface area contributed by atoms with Gasteiger partial charge in [0.2, 0.25) is 0 Å². The summed E-state index contributed by atoms with van der Waals surface area (Å²) in [6.45, 7) is 6.77. The fraction of sp³-hybridized carbons (Fsp3) is 0.222. The lowest BCUT2D eigenvalue weighted by molar-refractivity contribution is 0.688. The van der Waals surface area contributed by atoms with Crippen molar-refractivity contribution < 1.29 is 0 Å². The summed E-state index contributed by atoms with van der Waals surface area (Å²) in [6, 6.07) is 34.2. The molecule has 4 aromatic rings. The average Bonchev–Trinajstić information content (AvgIpc) is 3.23. The third-order valence-corrected chi connectivity index (χ3v) is 12.7. The molecule has 4 aliphatic rings. The van der Waals surface area contributed by atoms with Gasteiger partial charge in [0.05, 0.1) is 0 Å². The lowest BCUT2D eigenvalue weighted by atomic mass is 9.68. The summed E-state index contributed by atoms with van der Waals surface area (Å²) in [5.74, 6) is 0.450. The summed E-state index contributed by atoms with van der Waals surface area (Å²) in [6.07, 6.45) is 29.1. The molecule has 2 unspecified atom stereocenters. The molecule has 0 bridgehead atoms. The zero-order valence-corrected chi connectivity index (χ0v) is 35.2. The highest BCUT2D eigenvalue weighted by molar-refractivity contribution is 14.1. The number of alkyl halides is 1. The molecule has 0 spiro atoms. The van der Waals surface area contributed by atoms with E-state index in [-0.39, 0.29) is 11.8 Å². The quantitative estimate of drug-likeness (QED) is 0.0961. The van der Waals surface area contributed by atoms with Gasteiger partial charge in [-0.1, -0.05) is 175 Å². The molecule has 4 aliphatic carbocycles. The van der Waals surface area contributed by atoms with Crippen LogP contribution in [0.15, 0.2) is 169 Å². The predicted octanol–water partition coefficient (Wildman–Crippen LogP) is 10.5. The molecule has 8 rings (SSSR count). The second-order valence-electron chi connectivity index (χ2n) is 15.5. The third kappa shape index (κ3) is 7.37. The van der Waals surface area contributed by atoms with E-state index in [1.165, 1.54) is 82.1 Å². The molecule has 2 heteroatoms. The van der Waals surface area contributed by atoms with Crippen LogP contribution < -0.4 is 26.6 Å². The Bertz CT molecular complexity index is 2650. The summed E-state index contributed by atoms with van der Waals surface area (Å²) in [5, 5.41) is 5.46. The Balaban J connectivity index is 1.31. The van der Waals surface area contributed by atoms with Crippen LogP contribution in [0.4, 0.5) is 0 Å². The van der Waals surface area contributed by atoms with Gasteiger partial charge in [-0.2, -0.15) is 0 Å². The molecule has 0 aliphatic heterocycles. The van der Waals surface area contributed by atoms with Gasteiger partial charge in [-0.25, -0.2) is 0 Å². The monoisotopic (exact) mass is 841 g/mol. The number of aryl methyl sites for hydroxylation is 2. The minimum atomic E-state index is 0.215. The Morgan fingerprint density at radius 3 is 2.09 bits per heavy atom. The van der Waals surface area contributed by atoms with Gasteiger partial charge in [0.1, 0.15) is 0 Å². The first-order valence-electron chi connectivity index (χ1n) is 20.4. The fourth-order valence-corrected chi connectivity index (χ4v) is 9.91. The molecule has 0 fully saturated rings. The summed E-state index contributed by atoms with van der Waals surface area (Å²) >= 11 is 2.42. The molecule has 280 valence electrons. The van der Waals surface area contributed by atoms with Crippen molar-refractivity contribution in [2.24, 2.45) is 17.6 Å². The summed E-state index contributed by atoms with van der Waals surface area (Å²) < 4.78 is 0.930. The Hall–Kier alpha value is -4.93. The van der Waals surface area contributed by atoms with E-state index < -0.39 is 0 Å². The van der Waals surface area contributed by atoms with Gasteiger partial charge >= 0.3 is 0 Å². The van der Waals surface area contributed by atoms with Crippen molar-refractivity contribution in [3.63, 3.8) is 0 Å². The Kier molecular flexibility index (Phi) is 11.6. The van der Waals surface area contributed by atoms with Gasteiger partial charge in [-0.15, -0.1) is 0 Å². The molecule has 2 atom stereocenters. The van der Waals surface area contributed by atoms with Crippen LogP contribution in [0.3, 0.4) is 0 Å². The molecule has 0 heterocycles. The summed E-state index contributed by atoms with van der Waals surface area (Å²) in [5.41, 5.74) is 24.3. The van der Waals surface area contributed by atoms with Crippen molar-refractivity contribution in [2.75, 3.05) is 4.43 Å². The standard InChI is InChI=1S/C54H52IN/c1-4-38-19-5-6-20-39(38)21-15-31-51(56)42(30-16-34-55)40-22-14-23-41(35-40)53-45-26-9-11-28-47(45)54(48-29-12-10-27-46(48)53)50-33-32-49(43-24-7-8-25-44(43)50)52-36(2)17-13-18-37(52)3/h5,7-19,21-30,35,45,47H,4,6,20,31-34,56H2,1-3H3/b21-15-,30-16-,51-42+. The third-order valence-electron chi connectivity index (χ3n) is 12.2. The highest BCUT2D eigenvalue weighted by Crippen LogP contribution is 2.43. The van der Waals surface area contributed by atoms with E-state index in [1.54, 1.807) is 0 Å². The molecule has 0 saturated carbocycles. The van der Waals surface area contributed by atoms with Crippen LogP contribution >= 0.6 is 22.6 Å². The number of rotatable bonds is 10. The predicted molar refractivity (Wildman–Crippen MR) is 249 cm³/mol. The minimum absolute atomic E-state index is 0.215. The van der Waals surface area contributed by atoms with Crippen LogP contribution in [0, 0.1) is 25.7 Å². The molecule has 1 nitrogen and oxygen atoms in total. The van der Waals surface area contributed by atoms with E-state index >= 15 is 0 Å². The van der Waals surface area contributed by atoms with Crippen molar-refractivity contribution in [1.29, 1.82) is 0 Å². The largest absolute Gasteiger partial charge is 0.401 e. The zero-order valence-electron chi connectivity index (χ0n) is 33.0. The highest BCUT2D eigenvalue weighted by atomic mass is 127. The minimum Gasteiger partial charge on any atom is -0.401 e. The number of allylic oxidation sites excluding steroid dienone is 13. The van der Waals surface area contributed by atoms with Gasteiger partial charge < -0.3 is 5.73 Å². The number of hydrogen-bond acceptors (Lipinski definition) is 1. The van der Waals surface area contributed by atoms with Crippen LogP contribution in [0.2, 0.25) is 0 Å². The topological polar surface area (TPSA) is 26.0 Å². The van der Waals surface area contributed by atoms with Crippen molar-refractivity contribution in [3.8, 4) is 0 Å². The Morgan fingerprint density at radius 2 is 1.38 bits per heavy atom. The van der Waals surface area contributed by atoms with Gasteiger partial charge in [-0.3, -0.25) is 0 Å². The lowest BCUT2D eigenvalue weighted by Crippen LogP contribution is -2.42. The molecule has 0 aromatic heterocycles. The molecule has 4 aromatic carbocycles.